The van der Waals surface area contributed by atoms with E-state index in [1.165, 1.54) is 81.6 Å². The van der Waals surface area contributed by atoms with Crippen LogP contribution in [0.2, 0.25) is 0 Å². The molecule has 1 heterocycles. The highest BCUT2D eigenvalue weighted by atomic mass is 15.2. The lowest BCUT2D eigenvalue weighted by Gasteiger charge is -2.28. The molecule has 0 unspecified atom stereocenters. The predicted octanol–water partition coefficient (Wildman–Crippen LogP) is 16.2. The first kappa shape index (κ1) is 34.1. The van der Waals surface area contributed by atoms with Gasteiger partial charge < -0.3 is 9.47 Å². The van der Waals surface area contributed by atoms with Gasteiger partial charge in [-0.05, 0) is 114 Å². The number of para-hydroxylation sites is 2. The van der Waals surface area contributed by atoms with Gasteiger partial charge in [-0.25, -0.2) is 0 Å². The molecule has 12 aromatic rings. The summed E-state index contributed by atoms with van der Waals surface area (Å²) in [6.07, 6.45) is 0. The normalized spacial score (nSPS) is 11.7. The Morgan fingerprint density at radius 2 is 0.817 bits per heavy atom. The van der Waals surface area contributed by atoms with E-state index in [-0.39, 0.29) is 0 Å². The van der Waals surface area contributed by atoms with Crippen molar-refractivity contribution >= 4 is 82.0 Å². The third-order valence-corrected chi connectivity index (χ3v) is 12.3. The molecule has 0 saturated carbocycles. The van der Waals surface area contributed by atoms with Crippen molar-refractivity contribution in [1.29, 1.82) is 0 Å². The van der Waals surface area contributed by atoms with Crippen molar-refractivity contribution in [2.75, 3.05) is 4.90 Å². The summed E-state index contributed by atoms with van der Waals surface area (Å²) in [5.41, 5.74) is 11.7. The van der Waals surface area contributed by atoms with Gasteiger partial charge in [0.05, 0.1) is 16.7 Å². The topological polar surface area (TPSA) is 8.17 Å². The smallest absolute Gasteiger partial charge is 0.0782 e. The van der Waals surface area contributed by atoms with Gasteiger partial charge in [-0.1, -0.05) is 182 Å². The molecule has 2 nitrogen and oxygen atoms in total. The van der Waals surface area contributed by atoms with Gasteiger partial charge >= 0.3 is 0 Å². The molecule has 0 spiro atoms. The van der Waals surface area contributed by atoms with Crippen molar-refractivity contribution in [3.05, 3.63) is 231 Å². The fourth-order valence-corrected chi connectivity index (χ4v) is 9.64. The average molecular weight is 763 g/mol. The molecule has 0 amide bonds. The zero-order valence-electron chi connectivity index (χ0n) is 32.8. The van der Waals surface area contributed by atoms with E-state index in [0.29, 0.717) is 0 Å². The van der Waals surface area contributed by atoms with Crippen molar-refractivity contribution in [3.63, 3.8) is 0 Å². The Kier molecular flexibility index (Phi) is 7.89. The average Bonchev–Trinajstić information content (AvgIpc) is 3.66. The van der Waals surface area contributed by atoms with Gasteiger partial charge in [0.1, 0.15) is 0 Å². The Bertz CT molecular complexity index is 3600. The fraction of sp³-hybridized carbons (Fsp3) is 0. The lowest BCUT2D eigenvalue weighted by molar-refractivity contribution is 1.17. The number of hydrogen-bond acceptors (Lipinski definition) is 1. The highest BCUT2D eigenvalue weighted by molar-refractivity contribution is 6.22. The summed E-state index contributed by atoms with van der Waals surface area (Å²) in [5, 5.41) is 12.2. The first-order chi connectivity index (χ1) is 29.8. The number of fused-ring (bicyclic) bond motifs is 8. The van der Waals surface area contributed by atoms with Gasteiger partial charge in [0.25, 0.3) is 0 Å². The van der Waals surface area contributed by atoms with E-state index in [2.05, 4.69) is 240 Å². The second-order valence-corrected chi connectivity index (χ2v) is 15.7. The van der Waals surface area contributed by atoms with Crippen LogP contribution in [0.25, 0.3) is 92.8 Å². The van der Waals surface area contributed by atoms with Crippen molar-refractivity contribution in [3.8, 4) is 27.9 Å². The molecule has 0 saturated heterocycles. The first-order valence-electron chi connectivity index (χ1n) is 20.7. The van der Waals surface area contributed by atoms with Gasteiger partial charge in [-0.2, -0.15) is 0 Å². The predicted molar refractivity (Wildman–Crippen MR) is 256 cm³/mol. The summed E-state index contributed by atoms with van der Waals surface area (Å²) in [7, 11) is 0. The molecule has 60 heavy (non-hydrogen) atoms. The minimum absolute atomic E-state index is 1.09. The quantitative estimate of drug-likeness (QED) is 0.153. The van der Waals surface area contributed by atoms with E-state index >= 15 is 0 Å². The monoisotopic (exact) mass is 762 g/mol. The highest BCUT2D eigenvalue weighted by Gasteiger charge is 2.24. The standard InChI is InChI=1S/C58H38N2/c1-3-18-41(19-4-1)56-51-26-12-11-24-48(51)49-35-34-47(38-53(49)57(56)42-20-5-2-6-21-42)59(45-32-30-39-16-7-9-22-43(39)36-45)55-29-15-27-52-50-25-13-14-28-54(50)60(58(52)55)46-33-31-40-17-8-10-23-44(40)37-46/h1-38H. The van der Waals surface area contributed by atoms with Gasteiger partial charge in [0, 0.05) is 27.8 Å². The second-order valence-electron chi connectivity index (χ2n) is 15.7. The molecule has 0 aliphatic heterocycles. The van der Waals surface area contributed by atoms with E-state index in [9.17, 15) is 0 Å². The maximum atomic E-state index is 2.48. The van der Waals surface area contributed by atoms with Gasteiger partial charge in [0.2, 0.25) is 0 Å². The second kappa shape index (κ2) is 13.9. The number of hydrogen-bond donors (Lipinski definition) is 0. The summed E-state index contributed by atoms with van der Waals surface area (Å²) in [5.74, 6) is 0. The van der Waals surface area contributed by atoms with E-state index in [4.69, 9.17) is 0 Å². The Hall–Kier alpha value is -7.94. The molecular weight excluding hydrogens is 725 g/mol. The number of nitrogens with zero attached hydrogens (tertiary/aromatic N) is 2. The first-order valence-corrected chi connectivity index (χ1v) is 20.7. The van der Waals surface area contributed by atoms with Crippen LogP contribution in [0.4, 0.5) is 17.1 Å². The summed E-state index contributed by atoms with van der Waals surface area (Å²) >= 11 is 0. The molecule has 1 aromatic heterocycles. The molecule has 0 bridgehead atoms. The van der Waals surface area contributed by atoms with E-state index in [1.54, 1.807) is 0 Å². The molecule has 0 fully saturated rings. The van der Waals surface area contributed by atoms with Crippen molar-refractivity contribution in [1.82, 2.24) is 4.57 Å². The molecule has 2 heteroatoms. The van der Waals surface area contributed by atoms with Gasteiger partial charge in [-0.3, -0.25) is 0 Å². The van der Waals surface area contributed by atoms with Crippen LogP contribution in [0.5, 0.6) is 0 Å². The molecule has 12 rings (SSSR count). The van der Waals surface area contributed by atoms with Gasteiger partial charge in [0.15, 0.2) is 0 Å². The minimum Gasteiger partial charge on any atom is -0.308 e. The number of aromatic nitrogens is 1. The van der Waals surface area contributed by atoms with Crippen molar-refractivity contribution in [2.45, 2.75) is 0 Å². The van der Waals surface area contributed by atoms with E-state index in [1.807, 2.05) is 0 Å². The van der Waals surface area contributed by atoms with Crippen LogP contribution < -0.4 is 4.90 Å². The molecule has 280 valence electrons. The van der Waals surface area contributed by atoms with Crippen molar-refractivity contribution < 1.29 is 0 Å². The number of rotatable bonds is 6. The van der Waals surface area contributed by atoms with Crippen LogP contribution in [0.1, 0.15) is 0 Å². The third kappa shape index (κ3) is 5.42. The lowest BCUT2D eigenvalue weighted by Crippen LogP contribution is -2.12. The number of benzene rings is 11. The minimum atomic E-state index is 1.09. The third-order valence-electron chi connectivity index (χ3n) is 12.3. The van der Waals surface area contributed by atoms with E-state index in [0.717, 1.165) is 28.3 Å². The van der Waals surface area contributed by atoms with Crippen LogP contribution in [0.3, 0.4) is 0 Å². The molecule has 0 aliphatic carbocycles. The van der Waals surface area contributed by atoms with Crippen molar-refractivity contribution in [2.24, 2.45) is 0 Å². The molecule has 0 N–H and O–H groups in total. The van der Waals surface area contributed by atoms with Gasteiger partial charge in [-0.15, -0.1) is 0 Å². The Balaban J connectivity index is 1.21. The Morgan fingerprint density at radius 3 is 1.55 bits per heavy atom. The van der Waals surface area contributed by atoms with Crippen LogP contribution in [-0.2, 0) is 0 Å². The summed E-state index contributed by atoms with van der Waals surface area (Å²) in [6, 6.07) is 84.5. The zero-order chi connectivity index (χ0) is 39.6. The zero-order valence-corrected chi connectivity index (χ0v) is 32.8. The van der Waals surface area contributed by atoms with E-state index < -0.39 is 0 Å². The van der Waals surface area contributed by atoms with Crippen LogP contribution in [-0.4, -0.2) is 4.57 Å². The summed E-state index contributed by atoms with van der Waals surface area (Å²) < 4.78 is 2.47. The SMILES string of the molecule is c1ccc(-c2c(-c3ccccc3)c3cc(N(c4ccc5ccccc5c4)c4cccc5c6ccccc6n(-c6ccc7ccccc7c6)c45)ccc3c3ccccc23)cc1. The Labute approximate surface area is 348 Å². The fourth-order valence-electron chi connectivity index (χ4n) is 9.64. The molecule has 0 atom stereocenters. The largest absolute Gasteiger partial charge is 0.308 e. The molecule has 0 aliphatic rings. The van der Waals surface area contributed by atoms with Crippen LogP contribution >= 0.6 is 0 Å². The van der Waals surface area contributed by atoms with Crippen LogP contribution in [0.15, 0.2) is 231 Å². The summed E-state index contributed by atoms with van der Waals surface area (Å²) in [6.45, 7) is 0. The summed E-state index contributed by atoms with van der Waals surface area (Å²) in [4.78, 5) is 2.48. The maximum absolute atomic E-state index is 2.48. The molecular formula is C58H38N2. The lowest BCUT2D eigenvalue weighted by atomic mass is 9.85. The molecule has 0 radical (unpaired) electrons. The highest BCUT2D eigenvalue weighted by Crippen LogP contribution is 2.49. The molecule has 11 aromatic carbocycles. The van der Waals surface area contributed by atoms with Crippen LogP contribution in [0, 0.1) is 0 Å². The maximum Gasteiger partial charge on any atom is 0.0782 e. The Morgan fingerprint density at radius 1 is 0.300 bits per heavy atom. The number of anilines is 3.